The van der Waals surface area contributed by atoms with E-state index in [0.717, 1.165) is 0 Å². The van der Waals surface area contributed by atoms with E-state index in [4.69, 9.17) is 16.3 Å². The fourth-order valence-electron chi connectivity index (χ4n) is 1.71. The number of carbonyl (C=O) groups excluding carboxylic acids is 2. The number of rotatable bonds is 6. The first-order chi connectivity index (χ1) is 11.8. The molecule has 1 amide bonds. The summed E-state index contributed by atoms with van der Waals surface area (Å²) in [6.45, 7) is 0. The van der Waals surface area contributed by atoms with E-state index in [1.165, 1.54) is 24.3 Å². The van der Waals surface area contributed by atoms with E-state index in [1.807, 2.05) is 0 Å². The monoisotopic (exact) mass is 377 g/mol. The number of hydrogen-bond donors (Lipinski definition) is 1. The van der Waals surface area contributed by atoms with Gasteiger partial charge in [0.25, 0.3) is 5.91 Å². The first-order valence-corrected chi connectivity index (χ1v) is 7.38. The Balaban J connectivity index is 2.10. The average molecular weight is 378 g/mol. The number of hydrogen-bond acceptors (Lipinski definition) is 6. The van der Waals surface area contributed by atoms with Crippen LogP contribution in [0.2, 0.25) is 0 Å². The van der Waals surface area contributed by atoms with E-state index in [0.29, 0.717) is 0 Å². The van der Waals surface area contributed by atoms with Gasteiger partial charge in [-0.25, -0.2) is 0 Å². The van der Waals surface area contributed by atoms with Crippen molar-refractivity contribution in [2.75, 3.05) is 11.2 Å². The Morgan fingerprint density at radius 1 is 1.28 bits per heavy atom. The number of anilines is 1. The van der Waals surface area contributed by atoms with Crippen molar-refractivity contribution in [1.29, 1.82) is 0 Å². The van der Waals surface area contributed by atoms with Gasteiger partial charge in [-0.2, -0.15) is 18.2 Å². The molecule has 1 heterocycles. The Morgan fingerprint density at radius 2 is 2.00 bits per heavy atom. The Kier molecular flexibility index (Phi) is 5.97. The van der Waals surface area contributed by atoms with Crippen LogP contribution < -0.4 is 10.1 Å². The molecular weight excluding hydrogens is 367 g/mol. The van der Waals surface area contributed by atoms with E-state index < -0.39 is 36.3 Å². The second-order valence-electron chi connectivity index (χ2n) is 4.67. The van der Waals surface area contributed by atoms with Gasteiger partial charge in [0.05, 0.1) is 12.0 Å². The average Bonchev–Trinajstić information content (AvgIpc) is 2.92. The Hall–Kier alpha value is -2.62. The molecule has 0 aliphatic rings. The van der Waals surface area contributed by atoms with E-state index >= 15 is 0 Å². The number of ether oxygens (including phenoxy) is 1. The highest BCUT2D eigenvalue weighted by atomic mass is 35.5. The lowest BCUT2D eigenvalue weighted by molar-refractivity contribution is -0.134. The van der Waals surface area contributed by atoms with Crippen molar-refractivity contribution in [2.24, 2.45) is 0 Å². The third kappa shape index (κ3) is 5.75. The van der Waals surface area contributed by atoms with Crippen molar-refractivity contribution in [3.8, 4) is 5.75 Å². The van der Waals surface area contributed by atoms with Gasteiger partial charge < -0.3 is 9.26 Å². The number of alkyl halides is 4. The molecule has 0 atom stereocenters. The van der Waals surface area contributed by atoms with E-state index in [1.54, 1.807) is 0 Å². The summed E-state index contributed by atoms with van der Waals surface area (Å²) in [5.41, 5.74) is -0.0407. The highest BCUT2D eigenvalue weighted by Gasteiger charge is 2.31. The molecule has 0 aliphatic heterocycles. The molecule has 1 aromatic carbocycles. The summed E-state index contributed by atoms with van der Waals surface area (Å²) in [5.74, 6) is -2.04. The predicted octanol–water partition coefficient (Wildman–Crippen LogP) is 2.96. The van der Waals surface area contributed by atoms with Crippen molar-refractivity contribution in [3.63, 3.8) is 0 Å². The van der Waals surface area contributed by atoms with Crippen molar-refractivity contribution < 1.29 is 32.0 Å². The van der Waals surface area contributed by atoms with Crippen LogP contribution in [-0.4, -0.2) is 34.1 Å². The van der Waals surface area contributed by atoms with Crippen LogP contribution in [0.5, 0.6) is 5.75 Å². The molecule has 0 unspecified atom stereocenters. The molecule has 11 heteroatoms. The second-order valence-corrected chi connectivity index (χ2v) is 5.05. The molecule has 0 fully saturated rings. The van der Waals surface area contributed by atoms with Gasteiger partial charge >= 0.3 is 18.2 Å². The molecule has 0 saturated heterocycles. The van der Waals surface area contributed by atoms with Crippen LogP contribution in [0.1, 0.15) is 22.6 Å². The minimum atomic E-state index is -4.51. The van der Waals surface area contributed by atoms with Gasteiger partial charge in [-0.3, -0.25) is 14.9 Å². The Labute approximate surface area is 144 Å². The van der Waals surface area contributed by atoms with Gasteiger partial charge in [-0.15, -0.1) is 11.6 Å². The number of nitrogens with one attached hydrogen (secondary N) is 1. The number of amides is 1. The van der Waals surface area contributed by atoms with E-state index in [-0.39, 0.29) is 23.6 Å². The summed E-state index contributed by atoms with van der Waals surface area (Å²) in [6, 6.07) is 5.27. The van der Waals surface area contributed by atoms with E-state index in [9.17, 15) is 22.8 Å². The zero-order chi connectivity index (χ0) is 18.4. The van der Waals surface area contributed by atoms with Gasteiger partial charge in [-0.05, 0) is 12.1 Å². The number of carbonyl (C=O) groups is 2. The SMILES string of the molecule is O=C(CCCl)Oc1ccccc1C(=O)Nc1nc(CC(F)(F)F)no1. The lowest BCUT2D eigenvalue weighted by atomic mass is 10.2. The summed E-state index contributed by atoms with van der Waals surface area (Å²) in [5, 5.41) is 5.27. The topological polar surface area (TPSA) is 94.3 Å². The summed E-state index contributed by atoms with van der Waals surface area (Å²) in [6.07, 6.45) is -5.95. The van der Waals surface area contributed by atoms with Crippen molar-refractivity contribution >= 4 is 29.5 Å². The second kappa shape index (κ2) is 7.97. The Morgan fingerprint density at radius 3 is 2.68 bits per heavy atom. The minimum absolute atomic E-state index is 0.0369. The van der Waals surface area contributed by atoms with Crippen molar-refractivity contribution in [3.05, 3.63) is 35.7 Å². The quantitative estimate of drug-likeness (QED) is 0.472. The molecule has 1 N–H and O–H groups in total. The van der Waals surface area contributed by atoms with Gasteiger partial charge in [-0.1, -0.05) is 17.3 Å². The predicted molar refractivity (Wildman–Crippen MR) is 79.4 cm³/mol. The van der Waals surface area contributed by atoms with Crippen molar-refractivity contribution in [1.82, 2.24) is 10.1 Å². The van der Waals surface area contributed by atoms with Crippen LogP contribution in [0.15, 0.2) is 28.8 Å². The molecule has 0 bridgehead atoms. The molecular formula is C14H11ClF3N3O4. The summed E-state index contributed by atoms with van der Waals surface area (Å²) < 4.78 is 46.3. The van der Waals surface area contributed by atoms with Crippen LogP contribution in [0, 0.1) is 0 Å². The van der Waals surface area contributed by atoms with Gasteiger partial charge in [0.2, 0.25) is 0 Å². The number of aromatic nitrogens is 2. The summed E-state index contributed by atoms with van der Waals surface area (Å²) in [7, 11) is 0. The first-order valence-electron chi connectivity index (χ1n) is 6.85. The minimum Gasteiger partial charge on any atom is -0.426 e. The van der Waals surface area contributed by atoms with Crippen molar-refractivity contribution in [2.45, 2.75) is 19.0 Å². The number of benzene rings is 1. The molecule has 7 nitrogen and oxygen atoms in total. The first kappa shape index (κ1) is 18.7. The maximum Gasteiger partial charge on any atom is 0.396 e. The standard InChI is InChI=1S/C14H11ClF3N3O4/c15-6-5-11(22)24-9-4-2-1-3-8(9)12(23)20-13-19-10(21-25-13)7-14(16,17)18/h1-4H,5-7H2,(H,19,20,21,23). The van der Waals surface area contributed by atoms with Gasteiger partial charge in [0.1, 0.15) is 12.2 Å². The molecule has 2 aromatic rings. The molecule has 2 rings (SSSR count). The fourth-order valence-corrected chi connectivity index (χ4v) is 1.87. The largest absolute Gasteiger partial charge is 0.426 e. The lowest BCUT2D eigenvalue weighted by Gasteiger charge is -2.08. The van der Waals surface area contributed by atoms with E-state index in [2.05, 4.69) is 20.0 Å². The molecule has 25 heavy (non-hydrogen) atoms. The summed E-state index contributed by atoms with van der Waals surface area (Å²) >= 11 is 5.43. The molecule has 0 saturated carbocycles. The molecule has 0 spiro atoms. The third-order valence-corrected chi connectivity index (χ3v) is 2.89. The van der Waals surface area contributed by atoms with Crippen LogP contribution in [-0.2, 0) is 11.2 Å². The van der Waals surface area contributed by atoms with Crippen LogP contribution in [0.4, 0.5) is 19.2 Å². The molecule has 1 aromatic heterocycles. The smallest absolute Gasteiger partial charge is 0.396 e. The highest BCUT2D eigenvalue weighted by Crippen LogP contribution is 2.22. The van der Waals surface area contributed by atoms with Crippen LogP contribution in [0.25, 0.3) is 0 Å². The number of nitrogens with zero attached hydrogens (tertiary/aromatic N) is 2. The molecule has 134 valence electrons. The van der Waals surface area contributed by atoms with Gasteiger partial charge in [0.15, 0.2) is 5.82 Å². The van der Waals surface area contributed by atoms with Crippen LogP contribution >= 0.6 is 11.6 Å². The third-order valence-electron chi connectivity index (χ3n) is 2.70. The maximum atomic E-state index is 12.2. The number of para-hydroxylation sites is 1. The number of esters is 1. The number of halogens is 4. The lowest BCUT2D eigenvalue weighted by Crippen LogP contribution is -2.16. The zero-order valence-electron chi connectivity index (χ0n) is 12.5. The normalized spacial score (nSPS) is 11.2. The zero-order valence-corrected chi connectivity index (χ0v) is 13.2. The Bertz CT molecular complexity index is 764. The van der Waals surface area contributed by atoms with Crippen LogP contribution in [0.3, 0.4) is 0 Å². The molecule has 0 aliphatic carbocycles. The molecule has 0 radical (unpaired) electrons. The highest BCUT2D eigenvalue weighted by molar-refractivity contribution is 6.18. The summed E-state index contributed by atoms with van der Waals surface area (Å²) in [4.78, 5) is 27.1. The van der Waals surface area contributed by atoms with Gasteiger partial charge in [0, 0.05) is 5.88 Å². The maximum absolute atomic E-state index is 12.2. The fraction of sp³-hybridized carbons (Fsp3) is 0.286.